The zero-order valence-corrected chi connectivity index (χ0v) is 28.0. The Hall–Kier alpha value is -4.33. The Labute approximate surface area is 277 Å². The Bertz CT molecular complexity index is 1460. The molecule has 0 spiro atoms. The SMILES string of the molecule is CC(C)N1CCCN(c2nc(-c3ccc(NC(=O)Nc4ccc(C(=O)NCCCN(C)C)cc4)cc3)nc(N3CCOCC3)n2)CC1. The van der Waals surface area contributed by atoms with Crippen molar-refractivity contribution in [2.45, 2.75) is 32.7 Å². The average molecular weight is 645 g/mol. The number of amides is 3. The van der Waals surface area contributed by atoms with Gasteiger partial charge in [-0.2, -0.15) is 15.0 Å². The van der Waals surface area contributed by atoms with Gasteiger partial charge in [-0.05, 0) is 95.9 Å². The van der Waals surface area contributed by atoms with E-state index in [4.69, 9.17) is 19.7 Å². The van der Waals surface area contributed by atoms with E-state index in [0.717, 1.165) is 64.2 Å². The molecule has 2 saturated heterocycles. The molecule has 2 aliphatic rings. The molecule has 3 aromatic rings. The van der Waals surface area contributed by atoms with Crippen LogP contribution in [0.2, 0.25) is 0 Å². The maximum atomic E-state index is 12.8. The zero-order valence-electron chi connectivity index (χ0n) is 28.0. The Kier molecular flexibility index (Phi) is 11.9. The summed E-state index contributed by atoms with van der Waals surface area (Å²) in [4.78, 5) is 48.9. The number of aromatic nitrogens is 3. The lowest BCUT2D eigenvalue weighted by Gasteiger charge is -2.28. The topological polar surface area (TPSA) is 131 Å². The number of hydrogen-bond donors (Lipinski definition) is 3. The molecule has 2 aliphatic heterocycles. The van der Waals surface area contributed by atoms with Gasteiger partial charge in [0.15, 0.2) is 5.82 Å². The maximum Gasteiger partial charge on any atom is 0.323 e. The molecule has 3 N–H and O–H groups in total. The normalized spacial score (nSPS) is 15.9. The van der Waals surface area contributed by atoms with Crippen molar-refractivity contribution in [1.29, 1.82) is 0 Å². The fourth-order valence-electron chi connectivity index (χ4n) is 5.58. The number of rotatable bonds is 11. The zero-order chi connectivity index (χ0) is 33.2. The quantitative estimate of drug-likeness (QED) is 0.266. The maximum absolute atomic E-state index is 12.8. The lowest BCUT2D eigenvalue weighted by atomic mass is 10.2. The third-order valence-corrected chi connectivity index (χ3v) is 8.32. The summed E-state index contributed by atoms with van der Waals surface area (Å²) in [6.07, 6.45) is 1.92. The second-order valence-electron chi connectivity index (χ2n) is 12.5. The van der Waals surface area contributed by atoms with Crippen LogP contribution in [0.1, 0.15) is 37.0 Å². The molecule has 3 amide bonds. The first-order valence-electron chi connectivity index (χ1n) is 16.5. The fourth-order valence-corrected chi connectivity index (χ4v) is 5.58. The van der Waals surface area contributed by atoms with Gasteiger partial charge in [0.1, 0.15) is 0 Å². The number of nitrogens with one attached hydrogen (secondary N) is 3. The Morgan fingerprint density at radius 2 is 1.43 bits per heavy atom. The van der Waals surface area contributed by atoms with Gasteiger partial charge in [0.25, 0.3) is 5.91 Å². The molecule has 47 heavy (non-hydrogen) atoms. The van der Waals surface area contributed by atoms with Crippen molar-refractivity contribution in [1.82, 2.24) is 30.1 Å². The van der Waals surface area contributed by atoms with Gasteiger partial charge < -0.3 is 35.4 Å². The number of carbonyl (C=O) groups excluding carboxylic acids is 2. The van der Waals surface area contributed by atoms with Crippen LogP contribution in [0.5, 0.6) is 0 Å². The minimum absolute atomic E-state index is 0.133. The van der Waals surface area contributed by atoms with E-state index in [9.17, 15) is 9.59 Å². The minimum atomic E-state index is -0.382. The number of nitrogens with zero attached hydrogens (tertiary/aromatic N) is 7. The number of benzene rings is 2. The van der Waals surface area contributed by atoms with Crippen LogP contribution < -0.4 is 25.8 Å². The van der Waals surface area contributed by atoms with Crippen molar-refractivity contribution in [3.8, 4) is 11.4 Å². The molecule has 2 aromatic carbocycles. The number of morpholine rings is 1. The smallest absolute Gasteiger partial charge is 0.323 e. The third kappa shape index (κ3) is 9.83. The number of carbonyl (C=O) groups is 2. The molecular formula is C34H48N10O3. The second-order valence-corrected chi connectivity index (χ2v) is 12.5. The summed E-state index contributed by atoms with van der Waals surface area (Å²) in [7, 11) is 4.01. The summed E-state index contributed by atoms with van der Waals surface area (Å²) in [6.45, 7) is 12.5. The summed E-state index contributed by atoms with van der Waals surface area (Å²) in [6, 6.07) is 14.4. The van der Waals surface area contributed by atoms with E-state index in [2.05, 4.69) is 49.4 Å². The van der Waals surface area contributed by atoms with Crippen molar-refractivity contribution < 1.29 is 14.3 Å². The number of hydrogen-bond acceptors (Lipinski definition) is 10. The number of anilines is 4. The van der Waals surface area contributed by atoms with Crippen LogP contribution in [0.4, 0.5) is 28.1 Å². The predicted molar refractivity (Wildman–Crippen MR) is 186 cm³/mol. The molecule has 0 unspecified atom stereocenters. The van der Waals surface area contributed by atoms with Crippen LogP contribution in [0.3, 0.4) is 0 Å². The van der Waals surface area contributed by atoms with Crippen molar-refractivity contribution in [3.05, 3.63) is 54.1 Å². The van der Waals surface area contributed by atoms with Crippen molar-refractivity contribution >= 4 is 35.2 Å². The highest BCUT2D eigenvalue weighted by atomic mass is 16.5. The third-order valence-electron chi connectivity index (χ3n) is 8.32. The highest BCUT2D eigenvalue weighted by Crippen LogP contribution is 2.25. The minimum Gasteiger partial charge on any atom is -0.378 e. The molecular weight excluding hydrogens is 596 g/mol. The van der Waals surface area contributed by atoms with Crippen LogP contribution >= 0.6 is 0 Å². The van der Waals surface area contributed by atoms with Crippen LogP contribution in [0, 0.1) is 0 Å². The Morgan fingerprint density at radius 1 is 0.809 bits per heavy atom. The fraction of sp³-hybridized carbons (Fsp3) is 0.500. The lowest BCUT2D eigenvalue weighted by molar-refractivity contribution is 0.0952. The summed E-state index contributed by atoms with van der Waals surface area (Å²) < 4.78 is 5.57. The monoisotopic (exact) mass is 644 g/mol. The molecule has 3 heterocycles. The summed E-state index contributed by atoms with van der Waals surface area (Å²) in [5, 5.41) is 8.62. The van der Waals surface area contributed by atoms with Crippen molar-refractivity contribution in [2.75, 3.05) is 100 Å². The summed E-state index contributed by atoms with van der Waals surface area (Å²) in [5.74, 6) is 1.81. The molecule has 0 saturated carbocycles. The van der Waals surface area contributed by atoms with Gasteiger partial charge in [-0.1, -0.05) is 0 Å². The van der Waals surface area contributed by atoms with Crippen LogP contribution in [-0.2, 0) is 4.74 Å². The van der Waals surface area contributed by atoms with Gasteiger partial charge in [-0.25, -0.2) is 4.79 Å². The second kappa shape index (κ2) is 16.5. The van der Waals surface area contributed by atoms with E-state index in [1.807, 2.05) is 38.4 Å². The Balaban J connectivity index is 1.22. The van der Waals surface area contributed by atoms with Crippen LogP contribution in [-0.4, -0.2) is 122 Å². The highest BCUT2D eigenvalue weighted by Gasteiger charge is 2.23. The van der Waals surface area contributed by atoms with E-state index in [0.29, 0.717) is 60.5 Å². The summed E-state index contributed by atoms with van der Waals surface area (Å²) >= 11 is 0. The molecule has 0 atom stereocenters. The van der Waals surface area contributed by atoms with Crippen molar-refractivity contribution in [3.63, 3.8) is 0 Å². The molecule has 0 bridgehead atoms. The highest BCUT2D eigenvalue weighted by molar-refractivity contribution is 6.00. The molecule has 1 aromatic heterocycles. The molecule has 0 radical (unpaired) electrons. The standard InChI is InChI=1S/C34H48N10O3/c1-25(2)42-17-6-18-43(20-19-42)32-38-30(39-33(40-32)44-21-23-47-24-22-44)26-7-11-28(12-8-26)36-34(46)37-29-13-9-27(10-14-29)31(45)35-15-5-16-41(3)4/h7-14,25H,5-6,15-24H2,1-4H3,(H,35,45)(H2,36,37,46). The largest absolute Gasteiger partial charge is 0.378 e. The van der Waals surface area contributed by atoms with E-state index in [-0.39, 0.29) is 11.9 Å². The van der Waals surface area contributed by atoms with Gasteiger partial charge in [0.2, 0.25) is 11.9 Å². The lowest BCUT2D eigenvalue weighted by Crippen LogP contribution is -2.38. The number of ether oxygens (including phenoxy) is 1. The van der Waals surface area contributed by atoms with Crippen molar-refractivity contribution in [2.24, 2.45) is 0 Å². The van der Waals surface area contributed by atoms with Gasteiger partial charge in [-0.3, -0.25) is 9.69 Å². The first kappa shape index (κ1) is 34.0. The average Bonchev–Trinajstić information content (AvgIpc) is 3.34. The molecule has 13 heteroatoms. The van der Waals surface area contributed by atoms with Gasteiger partial charge >= 0.3 is 6.03 Å². The van der Waals surface area contributed by atoms with Gasteiger partial charge in [0.05, 0.1) is 13.2 Å². The van der Waals surface area contributed by atoms with Crippen LogP contribution in [0.25, 0.3) is 11.4 Å². The molecule has 13 nitrogen and oxygen atoms in total. The number of urea groups is 1. The van der Waals surface area contributed by atoms with Gasteiger partial charge in [-0.15, -0.1) is 0 Å². The molecule has 252 valence electrons. The predicted octanol–water partition coefficient (Wildman–Crippen LogP) is 3.62. The van der Waals surface area contributed by atoms with Crippen LogP contribution in [0.15, 0.2) is 48.5 Å². The van der Waals surface area contributed by atoms with E-state index >= 15 is 0 Å². The molecule has 5 rings (SSSR count). The van der Waals surface area contributed by atoms with E-state index in [1.54, 1.807) is 24.3 Å². The summed E-state index contributed by atoms with van der Waals surface area (Å²) in [5.41, 5.74) is 2.59. The molecule has 2 fully saturated rings. The van der Waals surface area contributed by atoms with E-state index < -0.39 is 0 Å². The van der Waals surface area contributed by atoms with E-state index in [1.165, 1.54) is 0 Å². The Morgan fingerprint density at radius 3 is 2.04 bits per heavy atom. The first-order chi connectivity index (χ1) is 22.7. The van der Waals surface area contributed by atoms with Gasteiger partial charge in [0, 0.05) is 74.4 Å². The molecule has 0 aliphatic carbocycles. The first-order valence-corrected chi connectivity index (χ1v) is 16.5.